The first kappa shape index (κ1) is 23.8. The van der Waals surface area contributed by atoms with Gasteiger partial charge in [0, 0.05) is 60.9 Å². The second kappa shape index (κ2) is 10.4. The van der Waals surface area contributed by atoms with Crippen LogP contribution in [-0.2, 0) is 0 Å². The molecule has 1 aliphatic heterocycles. The number of hydrogen-bond acceptors (Lipinski definition) is 7. The Hall–Kier alpha value is -3.90. The van der Waals surface area contributed by atoms with Gasteiger partial charge in [-0.05, 0) is 51.1 Å². The van der Waals surface area contributed by atoms with E-state index < -0.39 is 0 Å². The Bertz CT molecular complexity index is 1290. The highest BCUT2D eigenvalue weighted by atomic mass is 16.2. The summed E-state index contributed by atoms with van der Waals surface area (Å²) >= 11 is 0. The number of rotatable bonds is 5. The molecule has 1 aromatic carbocycles. The topological polar surface area (TPSA) is 98.3 Å². The molecule has 3 N–H and O–H groups in total. The summed E-state index contributed by atoms with van der Waals surface area (Å²) in [5, 5.41) is 9.82. The zero-order valence-corrected chi connectivity index (χ0v) is 20.8. The van der Waals surface area contributed by atoms with Crippen molar-refractivity contribution in [2.24, 2.45) is 0 Å². The van der Waals surface area contributed by atoms with Gasteiger partial charge in [0.15, 0.2) is 5.65 Å². The van der Waals surface area contributed by atoms with Crippen molar-refractivity contribution in [3.63, 3.8) is 0 Å². The van der Waals surface area contributed by atoms with Gasteiger partial charge in [0.05, 0.1) is 5.39 Å². The van der Waals surface area contributed by atoms with Gasteiger partial charge in [0.2, 0.25) is 5.95 Å². The van der Waals surface area contributed by atoms with Crippen LogP contribution in [0.5, 0.6) is 0 Å². The number of nitrogens with one attached hydrogen (secondary N) is 3. The van der Waals surface area contributed by atoms with Crippen molar-refractivity contribution in [3.05, 3.63) is 41.6 Å². The molecule has 1 aliphatic carbocycles. The number of benzene rings is 1. The van der Waals surface area contributed by atoms with E-state index in [4.69, 9.17) is 6.42 Å². The number of aromatic nitrogens is 3. The molecular formula is C27H32N8O. The van der Waals surface area contributed by atoms with E-state index in [0.717, 1.165) is 63.1 Å². The van der Waals surface area contributed by atoms with Gasteiger partial charge in [-0.2, -0.15) is 4.98 Å². The van der Waals surface area contributed by atoms with Crippen LogP contribution in [0.15, 0.2) is 30.5 Å². The minimum absolute atomic E-state index is 0.207. The Kier molecular flexibility index (Phi) is 6.87. The number of nitrogens with zero attached hydrogens (tertiary/aromatic N) is 5. The number of fused-ring (bicyclic) bond motifs is 1. The average molecular weight is 485 g/mol. The van der Waals surface area contributed by atoms with E-state index in [1.807, 2.05) is 19.1 Å². The van der Waals surface area contributed by atoms with Gasteiger partial charge >= 0.3 is 6.03 Å². The third-order valence-corrected chi connectivity index (χ3v) is 7.04. The fourth-order valence-electron chi connectivity index (χ4n) is 4.86. The number of hydrogen-bond donors (Lipinski definition) is 3. The van der Waals surface area contributed by atoms with Crippen molar-refractivity contribution in [2.45, 2.75) is 38.6 Å². The second-order valence-electron chi connectivity index (χ2n) is 9.58. The lowest BCUT2D eigenvalue weighted by atomic mass is 10.1. The van der Waals surface area contributed by atoms with E-state index in [1.54, 1.807) is 6.20 Å². The molecule has 2 aromatic heterocycles. The summed E-state index contributed by atoms with van der Waals surface area (Å²) in [5.41, 5.74) is 3.85. The van der Waals surface area contributed by atoms with E-state index >= 15 is 0 Å². The molecule has 0 unspecified atom stereocenters. The first-order valence-electron chi connectivity index (χ1n) is 12.5. The predicted molar refractivity (Wildman–Crippen MR) is 144 cm³/mol. The Morgan fingerprint density at radius 2 is 1.81 bits per heavy atom. The molecule has 1 saturated carbocycles. The normalized spacial score (nSPS) is 16.6. The number of piperazine rings is 1. The number of likely N-dealkylation sites (N-methyl/N-ethyl adjacent to an activating group) is 1. The third-order valence-electron chi connectivity index (χ3n) is 7.04. The van der Waals surface area contributed by atoms with Gasteiger partial charge in [0.25, 0.3) is 0 Å². The van der Waals surface area contributed by atoms with Gasteiger partial charge in [-0.25, -0.2) is 14.8 Å². The van der Waals surface area contributed by atoms with Crippen LogP contribution in [0.4, 0.5) is 27.9 Å². The lowest BCUT2D eigenvalue weighted by Crippen LogP contribution is -2.44. The monoisotopic (exact) mass is 484 g/mol. The first-order valence-corrected chi connectivity index (χ1v) is 12.5. The standard InChI is InChI=1S/C27H32N8O/c1-4-22-18(2)24(33-27(36)30-19-7-5-6-8-19)31-25-23(22)17-28-26(32-25)29-20-9-11-21(12-10-20)35-15-13-34(3)14-16-35/h1,9-12,17,19H,5-8,13-16H2,2-3H3,(H3,28,29,30,31,32,33,36). The Balaban J connectivity index is 1.34. The Morgan fingerprint density at radius 3 is 2.50 bits per heavy atom. The molecular weight excluding hydrogens is 452 g/mol. The van der Waals surface area contributed by atoms with Crippen LogP contribution in [0.2, 0.25) is 0 Å². The molecule has 0 bridgehead atoms. The molecule has 3 heterocycles. The maximum absolute atomic E-state index is 12.6. The van der Waals surface area contributed by atoms with Crippen molar-refractivity contribution in [1.29, 1.82) is 0 Å². The summed E-state index contributed by atoms with van der Waals surface area (Å²) in [4.78, 5) is 31.0. The van der Waals surface area contributed by atoms with E-state index in [1.165, 1.54) is 5.69 Å². The maximum Gasteiger partial charge on any atom is 0.320 e. The number of amides is 2. The molecule has 2 aliphatic rings. The molecule has 0 atom stereocenters. The van der Waals surface area contributed by atoms with Crippen LogP contribution >= 0.6 is 0 Å². The Labute approximate surface area is 211 Å². The predicted octanol–water partition coefficient (Wildman–Crippen LogP) is 3.87. The third kappa shape index (κ3) is 5.19. The summed E-state index contributed by atoms with van der Waals surface area (Å²) in [6, 6.07) is 8.20. The van der Waals surface area contributed by atoms with Crippen LogP contribution in [0.25, 0.3) is 11.0 Å². The summed E-state index contributed by atoms with van der Waals surface area (Å²) < 4.78 is 0. The SMILES string of the molecule is C#Cc1c(C)c(NC(=O)NC2CCCC2)nc2nc(Nc3ccc(N4CCN(C)CC4)cc3)ncc12. The van der Waals surface area contributed by atoms with Crippen molar-refractivity contribution in [1.82, 2.24) is 25.2 Å². The largest absolute Gasteiger partial charge is 0.369 e. The minimum atomic E-state index is -0.271. The zero-order valence-electron chi connectivity index (χ0n) is 20.8. The number of carbonyl (C=O) groups is 1. The smallest absolute Gasteiger partial charge is 0.320 e. The maximum atomic E-state index is 12.6. The van der Waals surface area contributed by atoms with Crippen LogP contribution in [0.1, 0.15) is 36.8 Å². The number of urea groups is 1. The van der Waals surface area contributed by atoms with E-state index in [-0.39, 0.29) is 12.1 Å². The summed E-state index contributed by atoms with van der Waals surface area (Å²) in [5.74, 6) is 3.54. The highest BCUT2D eigenvalue weighted by Crippen LogP contribution is 2.26. The molecule has 2 amide bonds. The lowest BCUT2D eigenvalue weighted by molar-refractivity contribution is 0.248. The zero-order chi connectivity index (χ0) is 25.1. The molecule has 0 radical (unpaired) electrons. The van der Waals surface area contributed by atoms with E-state index in [0.29, 0.717) is 28.4 Å². The van der Waals surface area contributed by atoms with Crippen LogP contribution in [-0.4, -0.2) is 65.2 Å². The number of terminal acetylenes is 1. The number of anilines is 4. The quantitative estimate of drug-likeness (QED) is 0.473. The molecule has 0 spiro atoms. The summed E-state index contributed by atoms with van der Waals surface area (Å²) in [6.45, 7) is 6.02. The molecule has 1 saturated heterocycles. The summed E-state index contributed by atoms with van der Waals surface area (Å²) in [7, 11) is 2.15. The van der Waals surface area contributed by atoms with E-state index in [2.05, 4.69) is 65.8 Å². The number of carbonyl (C=O) groups excluding carboxylic acids is 1. The first-order chi connectivity index (χ1) is 17.5. The summed E-state index contributed by atoms with van der Waals surface area (Å²) in [6.07, 6.45) is 11.8. The van der Waals surface area contributed by atoms with Crippen molar-refractivity contribution in [2.75, 3.05) is 48.8 Å². The van der Waals surface area contributed by atoms with Gasteiger partial charge in [-0.3, -0.25) is 5.32 Å². The highest BCUT2D eigenvalue weighted by Gasteiger charge is 2.19. The highest BCUT2D eigenvalue weighted by molar-refractivity contribution is 5.93. The fraction of sp³-hybridized carbons (Fsp3) is 0.407. The van der Waals surface area contributed by atoms with Gasteiger partial charge < -0.3 is 20.4 Å². The second-order valence-corrected chi connectivity index (χ2v) is 9.58. The number of pyridine rings is 1. The van der Waals surface area contributed by atoms with Gasteiger partial charge in [-0.1, -0.05) is 18.8 Å². The molecule has 5 rings (SSSR count). The molecule has 3 aromatic rings. The van der Waals surface area contributed by atoms with Gasteiger partial charge in [-0.15, -0.1) is 6.42 Å². The van der Waals surface area contributed by atoms with Gasteiger partial charge in [0.1, 0.15) is 5.82 Å². The van der Waals surface area contributed by atoms with Crippen molar-refractivity contribution in [3.8, 4) is 12.3 Å². The fourth-order valence-corrected chi connectivity index (χ4v) is 4.86. The van der Waals surface area contributed by atoms with Crippen LogP contribution in [0.3, 0.4) is 0 Å². The average Bonchev–Trinajstić information content (AvgIpc) is 3.39. The molecule has 186 valence electrons. The van der Waals surface area contributed by atoms with Crippen LogP contribution in [0, 0.1) is 19.3 Å². The van der Waals surface area contributed by atoms with Crippen molar-refractivity contribution >= 4 is 40.2 Å². The van der Waals surface area contributed by atoms with Crippen LogP contribution < -0.4 is 20.9 Å². The van der Waals surface area contributed by atoms with E-state index in [9.17, 15) is 4.79 Å². The minimum Gasteiger partial charge on any atom is -0.369 e. The molecule has 9 heteroatoms. The van der Waals surface area contributed by atoms with Crippen molar-refractivity contribution < 1.29 is 4.79 Å². The molecule has 2 fully saturated rings. The molecule has 9 nitrogen and oxygen atoms in total. The molecule has 36 heavy (non-hydrogen) atoms. The Morgan fingerprint density at radius 1 is 1.08 bits per heavy atom. The lowest BCUT2D eigenvalue weighted by Gasteiger charge is -2.34.